The maximum Gasteiger partial charge on any atom is 0.225 e. The van der Waals surface area contributed by atoms with Gasteiger partial charge in [-0.05, 0) is 32.1 Å². The van der Waals surface area contributed by atoms with Crippen molar-refractivity contribution in [2.24, 2.45) is 11.7 Å². The number of aromatic nitrogens is 2. The Hall–Kier alpha value is -1.58. The minimum atomic E-state index is -0.0302. The highest BCUT2D eigenvalue weighted by atomic mass is 32.2. The molecule has 0 spiro atoms. The van der Waals surface area contributed by atoms with E-state index < -0.39 is 0 Å². The Balaban J connectivity index is 1.26. The summed E-state index contributed by atoms with van der Waals surface area (Å²) in [6, 6.07) is 0.552. The highest BCUT2D eigenvalue weighted by Crippen LogP contribution is 2.34. The number of oxazole rings is 1. The van der Waals surface area contributed by atoms with E-state index in [4.69, 9.17) is 10.2 Å². The predicted molar refractivity (Wildman–Crippen MR) is 130 cm³/mol. The van der Waals surface area contributed by atoms with Crippen LogP contribution in [0.25, 0.3) is 0 Å². The van der Waals surface area contributed by atoms with E-state index in [2.05, 4.69) is 36.1 Å². The number of rotatable bonds is 6. The number of anilines is 1. The molecule has 1 aliphatic heterocycles. The minimum Gasteiger partial charge on any atom is -0.444 e. The van der Waals surface area contributed by atoms with Crippen molar-refractivity contribution in [1.29, 1.82) is 0 Å². The van der Waals surface area contributed by atoms with Crippen LogP contribution >= 0.6 is 23.1 Å². The van der Waals surface area contributed by atoms with Crippen molar-refractivity contribution < 1.29 is 9.21 Å². The summed E-state index contributed by atoms with van der Waals surface area (Å²) in [7, 11) is 0. The third-order valence-electron chi connectivity index (χ3n) is 6.32. The molecular formula is C23H35N5O2S2. The molecule has 3 N–H and O–H groups in total. The minimum absolute atomic E-state index is 0.0302. The fraction of sp³-hybridized carbons (Fsp3) is 0.696. The van der Waals surface area contributed by atoms with E-state index in [1.54, 1.807) is 23.1 Å². The number of hydrogen-bond acceptors (Lipinski definition) is 8. The molecule has 1 amide bonds. The van der Waals surface area contributed by atoms with Gasteiger partial charge in [-0.2, -0.15) is 0 Å². The molecule has 0 radical (unpaired) electrons. The average molecular weight is 478 g/mol. The van der Waals surface area contributed by atoms with Gasteiger partial charge < -0.3 is 20.4 Å². The van der Waals surface area contributed by atoms with Gasteiger partial charge in [0.25, 0.3) is 0 Å². The molecule has 4 rings (SSSR count). The summed E-state index contributed by atoms with van der Waals surface area (Å²) in [6.07, 6.45) is 9.62. The van der Waals surface area contributed by atoms with Crippen molar-refractivity contribution in [3.05, 3.63) is 24.0 Å². The third-order valence-corrected chi connectivity index (χ3v) is 8.43. The smallest absolute Gasteiger partial charge is 0.225 e. The molecule has 1 saturated carbocycles. The highest BCUT2D eigenvalue weighted by molar-refractivity contribution is 8.00. The van der Waals surface area contributed by atoms with Gasteiger partial charge in [0.1, 0.15) is 5.76 Å². The number of hydrogen-bond donors (Lipinski definition) is 2. The molecule has 2 fully saturated rings. The summed E-state index contributed by atoms with van der Waals surface area (Å²) in [5.41, 5.74) is 5.96. The number of nitrogens with two attached hydrogens (primary N) is 1. The number of carbonyl (C=O) groups is 1. The fourth-order valence-electron chi connectivity index (χ4n) is 4.35. The van der Waals surface area contributed by atoms with Crippen LogP contribution in [0.1, 0.15) is 70.9 Å². The number of thioether (sulfide) groups is 1. The summed E-state index contributed by atoms with van der Waals surface area (Å²) < 4.78 is 7.02. The van der Waals surface area contributed by atoms with Crippen LogP contribution < -0.4 is 11.1 Å². The van der Waals surface area contributed by atoms with E-state index in [1.807, 2.05) is 17.3 Å². The number of amides is 1. The van der Waals surface area contributed by atoms with Crippen LogP contribution in [-0.2, 0) is 16.0 Å². The van der Waals surface area contributed by atoms with Crippen LogP contribution in [0.5, 0.6) is 0 Å². The van der Waals surface area contributed by atoms with Gasteiger partial charge in [0, 0.05) is 36.5 Å². The molecule has 9 heteroatoms. The molecule has 2 aliphatic rings. The lowest BCUT2D eigenvalue weighted by Crippen LogP contribution is -2.46. The second kappa shape index (κ2) is 10.1. The predicted octanol–water partition coefficient (Wildman–Crippen LogP) is 4.64. The summed E-state index contributed by atoms with van der Waals surface area (Å²) >= 11 is 3.35. The number of nitrogens with zero attached hydrogens (tertiary/aromatic N) is 3. The largest absolute Gasteiger partial charge is 0.444 e. The molecule has 0 bridgehead atoms. The van der Waals surface area contributed by atoms with Crippen LogP contribution in [0.3, 0.4) is 0 Å². The van der Waals surface area contributed by atoms with Gasteiger partial charge in [0.2, 0.25) is 11.8 Å². The first-order chi connectivity index (χ1) is 15.3. The van der Waals surface area contributed by atoms with Crippen LogP contribution in [0.2, 0.25) is 0 Å². The lowest BCUT2D eigenvalue weighted by molar-refractivity contribution is -0.137. The SMILES string of the molecule is CC(C)(C)c1cnc(CSc2cnc(NC3CCCC(C(=O)N4CCC(N)CC4)C3)s2)o1. The van der Waals surface area contributed by atoms with E-state index >= 15 is 0 Å². The van der Waals surface area contributed by atoms with Gasteiger partial charge >= 0.3 is 0 Å². The Morgan fingerprint density at radius 3 is 2.75 bits per heavy atom. The van der Waals surface area contributed by atoms with E-state index in [-0.39, 0.29) is 17.4 Å². The van der Waals surface area contributed by atoms with Crippen molar-refractivity contribution >= 4 is 34.1 Å². The molecule has 176 valence electrons. The summed E-state index contributed by atoms with van der Waals surface area (Å²) in [5.74, 6) is 2.78. The Morgan fingerprint density at radius 2 is 2.03 bits per heavy atom. The third kappa shape index (κ3) is 6.05. The van der Waals surface area contributed by atoms with Gasteiger partial charge in [0.15, 0.2) is 5.13 Å². The second-order valence-electron chi connectivity index (χ2n) is 10.0. The van der Waals surface area contributed by atoms with E-state index in [0.717, 1.165) is 72.6 Å². The van der Waals surface area contributed by atoms with Gasteiger partial charge in [-0.3, -0.25) is 4.79 Å². The zero-order valence-corrected chi connectivity index (χ0v) is 20.9. The monoisotopic (exact) mass is 477 g/mol. The zero-order valence-electron chi connectivity index (χ0n) is 19.3. The molecule has 2 atom stereocenters. The first-order valence-corrected chi connectivity index (χ1v) is 13.4. The molecule has 3 heterocycles. The lowest BCUT2D eigenvalue weighted by atomic mass is 9.84. The van der Waals surface area contributed by atoms with Crippen LogP contribution in [0, 0.1) is 5.92 Å². The van der Waals surface area contributed by atoms with Crippen molar-refractivity contribution in [2.45, 2.75) is 86.8 Å². The van der Waals surface area contributed by atoms with E-state index in [0.29, 0.717) is 17.7 Å². The number of piperidine rings is 1. The molecule has 2 unspecified atom stereocenters. The average Bonchev–Trinajstić information content (AvgIpc) is 3.42. The zero-order chi connectivity index (χ0) is 22.7. The first-order valence-electron chi connectivity index (χ1n) is 11.6. The van der Waals surface area contributed by atoms with Gasteiger partial charge in [-0.25, -0.2) is 9.97 Å². The molecule has 1 aliphatic carbocycles. The quantitative estimate of drug-likeness (QED) is 0.585. The van der Waals surface area contributed by atoms with Crippen LogP contribution in [0.4, 0.5) is 5.13 Å². The standard InChI is InChI=1S/C23H35N5O2S2/c1-23(2,3)18-12-25-19(30-18)14-31-20-13-26-22(32-20)27-17-6-4-5-15(11-17)21(29)28-9-7-16(24)8-10-28/h12-13,15-17H,4-11,14,24H2,1-3H3,(H,26,27). The van der Waals surface area contributed by atoms with E-state index in [9.17, 15) is 4.79 Å². The Kier molecular flexibility index (Phi) is 7.47. The molecule has 0 aromatic carbocycles. The molecule has 1 saturated heterocycles. The van der Waals surface area contributed by atoms with Crippen molar-refractivity contribution in [3.8, 4) is 0 Å². The Labute approximate surface area is 198 Å². The lowest BCUT2D eigenvalue weighted by Gasteiger charge is -2.36. The second-order valence-corrected chi connectivity index (χ2v) is 12.3. The molecule has 32 heavy (non-hydrogen) atoms. The number of likely N-dealkylation sites (tertiary alicyclic amines) is 1. The normalized spacial score (nSPS) is 22.8. The summed E-state index contributed by atoms with van der Waals surface area (Å²) in [6.45, 7) is 7.98. The molecule has 7 nitrogen and oxygen atoms in total. The Morgan fingerprint density at radius 1 is 1.25 bits per heavy atom. The maximum atomic E-state index is 13.0. The molecule has 2 aromatic rings. The van der Waals surface area contributed by atoms with Gasteiger partial charge in [-0.15, -0.1) is 11.8 Å². The Bertz CT molecular complexity index is 898. The number of carbonyl (C=O) groups excluding carboxylic acids is 1. The maximum absolute atomic E-state index is 13.0. The topological polar surface area (TPSA) is 97.3 Å². The van der Waals surface area contributed by atoms with Crippen molar-refractivity contribution in [3.63, 3.8) is 0 Å². The van der Waals surface area contributed by atoms with Crippen LogP contribution in [0.15, 0.2) is 21.0 Å². The highest BCUT2D eigenvalue weighted by Gasteiger charge is 2.32. The number of thiazole rings is 1. The summed E-state index contributed by atoms with van der Waals surface area (Å²) in [5, 5.41) is 4.51. The van der Waals surface area contributed by atoms with Gasteiger partial charge in [-0.1, -0.05) is 38.5 Å². The molecular weight excluding hydrogens is 442 g/mol. The summed E-state index contributed by atoms with van der Waals surface area (Å²) in [4.78, 5) is 24.0. The fourth-order valence-corrected chi connectivity index (χ4v) is 6.15. The molecule has 2 aromatic heterocycles. The van der Waals surface area contributed by atoms with Crippen molar-refractivity contribution in [2.75, 3.05) is 18.4 Å². The van der Waals surface area contributed by atoms with Gasteiger partial charge in [0.05, 0.1) is 22.4 Å². The number of nitrogens with one attached hydrogen (secondary N) is 1. The van der Waals surface area contributed by atoms with Crippen molar-refractivity contribution in [1.82, 2.24) is 14.9 Å². The van der Waals surface area contributed by atoms with Crippen LogP contribution in [-0.4, -0.2) is 45.9 Å². The first kappa shape index (κ1) is 23.6. The van der Waals surface area contributed by atoms with E-state index in [1.165, 1.54) is 0 Å².